The van der Waals surface area contributed by atoms with E-state index < -0.39 is 0 Å². The van der Waals surface area contributed by atoms with E-state index in [2.05, 4.69) is 29.5 Å². The van der Waals surface area contributed by atoms with E-state index in [4.69, 9.17) is 0 Å². The summed E-state index contributed by atoms with van der Waals surface area (Å²) in [4.78, 5) is 14.0. The van der Waals surface area contributed by atoms with Crippen molar-refractivity contribution in [1.29, 1.82) is 0 Å². The maximum Gasteiger partial charge on any atom is 0.256 e. The fraction of sp³-hybridized carbons (Fsp3) is 0.300. The number of carbonyl (C=O) groups is 1. The maximum absolute atomic E-state index is 12.7. The first-order valence-electron chi connectivity index (χ1n) is 8.66. The van der Waals surface area contributed by atoms with E-state index in [0.717, 1.165) is 30.0 Å². The Balaban J connectivity index is 1.45. The normalized spacial score (nSPS) is 16.4. The lowest BCUT2D eigenvalue weighted by Gasteiger charge is -2.18. The van der Waals surface area contributed by atoms with Crippen LogP contribution in [0.4, 0.5) is 5.69 Å². The molecule has 2 heterocycles. The fourth-order valence-corrected chi connectivity index (χ4v) is 4.60. The summed E-state index contributed by atoms with van der Waals surface area (Å²) in [6.07, 6.45) is 6.87. The van der Waals surface area contributed by atoms with Crippen LogP contribution in [-0.2, 0) is 19.4 Å². The molecule has 0 saturated carbocycles. The fourth-order valence-electron chi connectivity index (χ4n) is 3.35. The first-order chi connectivity index (χ1) is 12.2. The number of anilines is 1. The Kier molecular flexibility index (Phi) is 4.40. The third-order valence-corrected chi connectivity index (χ3v) is 5.78. The second-order valence-corrected chi connectivity index (χ2v) is 7.73. The highest BCUT2D eigenvalue weighted by atomic mass is 32.1. The minimum Gasteiger partial charge on any atom is -0.319 e. The minimum absolute atomic E-state index is 0.0219. The quantitative estimate of drug-likeness (QED) is 0.759. The molecule has 1 atom stereocenters. The van der Waals surface area contributed by atoms with Crippen LogP contribution in [0, 0.1) is 5.92 Å². The summed E-state index contributed by atoms with van der Waals surface area (Å²) in [5.41, 5.74) is 4.01. The van der Waals surface area contributed by atoms with Crippen molar-refractivity contribution >= 4 is 22.9 Å². The Bertz CT molecular complexity index is 881. The molecule has 0 aliphatic heterocycles. The summed E-state index contributed by atoms with van der Waals surface area (Å²) in [7, 11) is 0. The largest absolute Gasteiger partial charge is 0.319 e. The highest BCUT2D eigenvalue weighted by Gasteiger charge is 2.23. The third-order valence-electron chi connectivity index (χ3n) is 4.72. The Morgan fingerprint density at radius 3 is 3.04 bits per heavy atom. The summed E-state index contributed by atoms with van der Waals surface area (Å²) in [6.45, 7) is 2.98. The SMILES string of the molecule is CC1CCc2c(C(=O)Nc3cnn(Cc4ccccc4)c3)csc2C1. The third kappa shape index (κ3) is 3.51. The number of amides is 1. The molecule has 4 nitrogen and oxygen atoms in total. The number of rotatable bonds is 4. The Morgan fingerprint density at radius 2 is 2.20 bits per heavy atom. The van der Waals surface area contributed by atoms with Crippen LogP contribution in [0.5, 0.6) is 0 Å². The number of carbonyl (C=O) groups excluding carboxylic acids is 1. The van der Waals surface area contributed by atoms with Crippen LogP contribution in [0.1, 0.15) is 39.7 Å². The van der Waals surface area contributed by atoms with Gasteiger partial charge in [-0.05, 0) is 36.3 Å². The first-order valence-corrected chi connectivity index (χ1v) is 9.54. The van der Waals surface area contributed by atoms with E-state index in [1.807, 2.05) is 34.5 Å². The lowest BCUT2D eigenvalue weighted by atomic mass is 9.88. The molecule has 1 amide bonds. The molecule has 0 saturated heterocycles. The zero-order chi connectivity index (χ0) is 17.2. The number of hydrogen-bond donors (Lipinski definition) is 1. The number of nitrogens with zero attached hydrogens (tertiary/aromatic N) is 2. The molecule has 1 aromatic carbocycles. The van der Waals surface area contributed by atoms with Crippen molar-refractivity contribution < 1.29 is 4.79 Å². The summed E-state index contributed by atoms with van der Waals surface area (Å²) in [6, 6.07) is 10.2. The molecule has 5 heteroatoms. The van der Waals surface area contributed by atoms with Crippen molar-refractivity contribution in [2.45, 2.75) is 32.7 Å². The molecule has 2 aromatic heterocycles. The molecule has 3 aromatic rings. The topological polar surface area (TPSA) is 46.9 Å². The zero-order valence-corrected chi connectivity index (χ0v) is 15.1. The van der Waals surface area contributed by atoms with E-state index in [0.29, 0.717) is 6.54 Å². The number of thiophene rings is 1. The summed E-state index contributed by atoms with van der Waals surface area (Å²) in [5.74, 6) is 0.699. The van der Waals surface area contributed by atoms with E-state index in [9.17, 15) is 4.79 Å². The van der Waals surface area contributed by atoms with Crippen molar-refractivity contribution in [3.63, 3.8) is 0 Å². The molecule has 128 valence electrons. The van der Waals surface area contributed by atoms with Crippen LogP contribution in [-0.4, -0.2) is 15.7 Å². The van der Waals surface area contributed by atoms with Crippen LogP contribution in [0.25, 0.3) is 0 Å². The van der Waals surface area contributed by atoms with Crippen molar-refractivity contribution in [3.8, 4) is 0 Å². The number of fused-ring (bicyclic) bond motifs is 1. The number of benzene rings is 1. The van der Waals surface area contributed by atoms with Gasteiger partial charge in [-0.25, -0.2) is 0 Å². The van der Waals surface area contributed by atoms with Crippen LogP contribution < -0.4 is 5.32 Å². The molecule has 1 N–H and O–H groups in total. The zero-order valence-electron chi connectivity index (χ0n) is 14.2. The smallest absolute Gasteiger partial charge is 0.256 e. The predicted molar refractivity (Wildman–Crippen MR) is 101 cm³/mol. The summed E-state index contributed by atoms with van der Waals surface area (Å²) >= 11 is 1.72. The van der Waals surface area contributed by atoms with Gasteiger partial charge in [-0.15, -0.1) is 11.3 Å². The highest BCUT2D eigenvalue weighted by molar-refractivity contribution is 7.10. The molecule has 0 fully saturated rings. The first kappa shape index (κ1) is 16.1. The second-order valence-electron chi connectivity index (χ2n) is 6.77. The maximum atomic E-state index is 12.7. The van der Waals surface area contributed by atoms with Gasteiger partial charge in [-0.2, -0.15) is 5.10 Å². The molecule has 4 rings (SSSR count). The Hall–Kier alpha value is -2.40. The molecule has 0 bridgehead atoms. The number of aromatic nitrogens is 2. The van der Waals surface area contributed by atoms with E-state index in [1.165, 1.54) is 22.4 Å². The number of hydrogen-bond acceptors (Lipinski definition) is 3. The molecular weight excluding hydrogens is 330 g/mol. The standard InChI is InChI=1S/C20H21N3OS/c1-14-7-8-17-18(13-25-19(17)9-14)20(24)22-16-10-21-23(12-16)11-15-5-3-2-4-6-15/h2-6,10,12-14H,7-9,11H2,1H3,(H,22,24). The monoisotopic (exact) mass is 351 g/mol. The number of nitrogens with one attached hydrogen (secondary N) is 1. The average Bonchev–Trinajstić information content (AvgIpc) is 3.22. The van der Waals surface area contributed by atoms with Crippen molar-refractivity contribution in [2.75, 3.05) is 5.32 Å². The van der Waals surface area contributed by atoms with Gasteiger partial charge in [0.2, 0.25) is 0 Å². The van der Waals surface area contributed by atoms with Gasteiger partial charge < -0.3 is 5.32 Å². The van der Waals surface area contributed by atoms with Crippen molar-refractivity contribution in [2.24, 2.45) is 5.92 Å². The molecular formula is C20H21N3OS. The van der Waals surface area contributed by atoms with E-state index in [1.54, 1.807) is 17.5 Å². The van der Waals surface area contributed by atoms with Gasteiger partial charge in [-0.1, -0.05) is 37.3 Å². The van der Waals surface area contributed by atoms with Crippen LogP contribution >= 0.6 is 11.3 Å². The predicted octanol–water partition coefficient (Wildman–Crippen LogP) is 4.37. The Labute approximate surface area is 151 Å². The van der Waals surface area contributed by atoms with E-state index in [-0.39, 0.29) is 5.91 Å². The molecule has 0 spiro atoms. The van der Waals surface area contributed by atoms with E-state index >= 15 is 0 Å². The average molecular weight is 351 g/mol. The summed E-state index contributed by atoms with van der Waals surface area (Å²) in [5, 5.41) is 9.35. The van der Waals surface area contributed by atoms with Gasteiger partial charge in [-0.3, -0.25) is 9.48 Å². The van der Waals surface area contributed by atoms with Gasteiger partial charge in [0, 0.05) is 16.5 Å². The molecule has 25 heavy (non-hydrogen) atoms. The van der Waals surface area contributed by atoms with Crippen LogP contribution in [0.3, 0.4) is 0 Å². The van der Waals surface area contributed by atoms with Crippen LogP contribution in [0.2, 0.25) is 0 Å². The summed E-state index contributed by atoms with van der Waals surface area (Å²) < 4.78 is 1.84. The van der Waals surface area contributed by atoms with Gasteiger partial charge in [0.1, 0.15) is 0 Å². The minimum atomic E-state index is -0.0219. The van der Waals surface area contributed by atoms with Gasteiger partial charge in [0.05, 0.1) is 24.0 Å². The van der Waals surface area contributed by atoms with Gasteiger partial charge >= 0.3 is 0 Å². The molecule has 1 aliphatic rings. The molecule has 1 unspecified atom stereocenters. The highest BCUT2D eigenvalue weighted by Crippen LogP contribution is 2.33. The van der Waals surface area contributed by atoms with Crippen molar-refractivity contribution in [1.82, 2.24) is 9.78 Å². The molecule has 1 aliphatic carbocycles. The lowest BCUT2D eigenvalue weighted by Crippen LogP contribution is -2.16. The van der Waals surface area contributed by atoms with Gasteiger partial charge in [0.15, 0.2) is 0 Å². The molecule has 0 radical (unpaired) electrons. The van der Waals surface area contributed by atoms with Crippen molar-refractivity contribution in [3.05, 3.63) is 69.7 Å². The lowest BCUT2D eigenvalue weighted by molar-refractivity contribution is 0.102. The van der Waals surface area contributed by atoms with Crippen LogP contribution in [0.15, 0.2) is 48.1 Å². The van der Waals surface area contributed by atoms with Gasteiger partial charge in [0.25, 0.3) is 5.91 Å². The Morgan fingerprint density at radius 1 is 1.36 bits per heavy atom. The second kappa shape index (κ2) is 6.84.